The Morgan fingerprint density at radius 2 is 2.00 bits per heavy atom. The Kier molecular flexibility index (Phi) is 6.45. The van der Waals surface area contributed by atoms with Gasteiger partial charge in [-0.15, -0.1) is 0 Å². The van der Waals surface area contributed by atoms with Crippen molar-refractivity contribution < 1.29 is 4.74 Å². The van der Waals surface area contributed by atoms with Gasteiger partial charge < -0.3 is 15.4 Å². The lowest BCUT2D eigenvalue weighted by Crippen LogP contribution is -2.44. The second-order valence-corrected chi connectivity index (χ2v) is 5.94. The molecule has 0 amide bonds. The van der Waals surface area contributed by atoms with Gasteiger partial charge in [-0.2, -0.15) is 0 Å². The smallest absolute Gasteiger partial charge is 0.0491 e. The SMILES string of the molecule is CCCC(C)(CN)CN1CCC(COC)CC1. The molecule has 1 aliphatic heterocycles. The van der Waals surface area contributed by atoms with Crippen LogP contribution in [0.15, 0.2) is 0 Å². The summed E-state index contributed by atoms with van der Waals surface area (Å²) in [6, 6.07) is 0. The normalized spacial score (nSPS) is 22.6. The maximum atomic E-state index is 5.94. The van der Waals surface area contributed by atoms with E-state index < -0.39 is 0 Å². The molecule has 0 aliphatic carbocycles. The van der Waals surface area contributed by atoms with Crippen molar-refractivity contribution in [1.82, 2.24) is 4.90 Å². The zero-order chi connectivity index (χ0) is 12.7. The van der Waals surface area contributed by atoms with Gasteiger partial charge in [0.1, 0.15) is 0 Å². The first-order chi connectivity index (χ1) is 8.13. The summed E-state index contributed by atoms with van der Waals surface area (Å²) in [5, 5.41) is 0. The minimum absolute atomic E-state index is 0.308. The van der Waals surface area contributed by atoms with Crippen molar-refractivity contribution in [3.63, 3.8) is 0 Å². The van der Waals surface area contributed by atoms with Crippen LogP contribution < -0.4 is 5.73 Å². The molecule has 1 atom stereocenters. The van der Waals surface area contributed by atoms with Gasteiger partial charge in [0.2, 0.25) is 0 Å². The summed E-state index contributed by atoms with van der Waals surface area (Å²) in [5.74, 6) is 0.770. The van der Waals surface area contributed by atoms with E-state index in [-0.39, 0.29) is 0 Å². The third kappa shape index (κ3) is 4.94. The summed E-state index contributed by atoms with van der Waals surface area (Å²) in [6.45, 7) is 9.91. The van der Waals surface area contributed by atoms with E-state index in [1.54, 1.807) is 7.11 Å². The molecule has 0 spiro atoms. The zero-order valence-corrected chi connectivity index (χ0v) is 11.9. The monoisotopic (exact) mass is 242 g/mol. The molecule has 3 nitrogen and oxygen atoms in total. The van der Waals surface area contributed by atoms with Crippen molar-refractivity contribution in [3.05, 3.63) is 0 Å². The number of methoxy groups -OCH3 is 1. The first kappa shape index (κ1) is 14.9. The Labute approximate surface area is 107 Å². The van der Waals surface area contributed by atoms with Crippen molar-refractivity contribution in [2.24, 2.45) is 17.1 Å². The minimum Gasteiger partial charge on any atom is -0.384 e. The summed E-state index contributed by atoms with van der Waals surface area (Å²) in [5.41, 5.74) is 6.25. The first-order valence-electron chi connectivity index (χ1n) is 7.05. The molecule has 1 saturated heterocycles. The van der Waals surface area contributed by atoms with Crippen LogP contribution in [-0.4, -0.2) is 44.8 Å². The number of hydrogen-bond acceptors (Lipinski definition) is 3. The highest BCUT2D eigenvalue weighted by Crippen LogP contribution is 2.26. The van der Waals surface area contributed by atoms with Gasteiger partial charge >= 0.3 is 0 Å². The van der Waals surface area contributed by atoms with Crippen LogP contribution in [0.2, 0.25) is 0 Å². The summed E-state index contributed by atoms with van der Waals surface area (Å²) < 4.78 is 5.24. The molecule has 1 aliphatic rings. The highest BCUT2D eigenvalue weighted by Gasteiger charge is 2.27. The average molecular weight is 242 g/mol. The maximum Gasteiger partial charge on any atom is 0.0491 e. The van der Waals surface area contributed by atoms with E-state index in [0.29, 0.717) is 5.41 Å². The third-order valence-electron chi connectivity index (χ3n) is 4.06. The fraction of sp³-hybridized carbons (Fsp3) is 1.00. The number of piperidine rings is 1. The molecular formula is C14H30N2O. The van der Waals surface area contributed by atoms with E-state index in [4.69, 9.17) is 10.5 Å². The molecule has 3 heteroatoms. The van der Waals surface area contributed by atoms with E-state index in [2.05, 4.69) is 18.7 Å². The number of hydrogen-bond donors (Lipinski definition) is 1. The highest BCUT2D eigenvalue weighted by atomic mass is 16.5. The lowest BCUT2D eigenvalue weighted by atomic mass is 9.84. The van der Waals surface area contributed by atoms with Crippen LogP contribution in [0.4, 0.5) is 0 Å². The molecule has 102 valence electrons. The van der Waals surface area contributed by atoms with Gasteiger partial charge in [-0.1, -0.05) is 20.3 Å². The Morgan fingerprint density at radius 3 is 2.47 bits per heavy atom. The van der Waals surface area contributed by atoms with Crippen molar-refractivity contribution in [2.75, 3.05) is 39.9 Å². The summed E-state index contributed by atoms with van der Waals surface area (Å²) in [4.78, 5) is 2.59. The third-order valence-corrected chi connectivity index (χ3v) is 4.06. The topological polar surface area (TPSA) is 38.5 Å². The molecule has 1 unspecified atom stereocenters. The number of rotatable bonds is 7. The van der Waals surface area contributed by atoms with Gasteiger partial charge in [-0.05, 0) is 50.2 Å². The number of nitrogens with zero attached hydrogens (tertiary/aromatic N) is 1. The van der Waals surface area contributed by atoms with Crippen LogP contribution in [0.1, 0.15) is 39.5 Å². The summed E-state index contributed by atoms with van der Waals surface area (Å²) in [6.07, 6.45) is 5.02. The molecular weight excluding hydrogens is 212 g/mol. The highest BCUT2D eigenvalue weighted by molar-refractivity contribution is 4.82. The summed E-state index contributed by atoms with van der Waals surface area (Å²) in [7, 11) is 1.80. The van der Waals surface area contributed by atoms with E-state index in [1.807, 2.05) is 0 Å². The van der Waals surface area contributed by atoms with Crippen LogP contribution in [0.5, 0.6) is 0 Å². The van der Waals surface area contributed by atoms with Crippen molar-refractivity contribution in [3.8, 4) is 0 Å². The fourth-order valence-corrected chi connectivity index (χ4v) is 2.94. The Hall–Kier alpha value is -0.120. The molecule has 1 rings (SSSR count). The van der Waals surface area contributed by atoms with E-state index >= 15 is 0 Å². The predicted octanol–water partition coefficient (Wildman–Crippen LogP) is 2.11. The van der Waals surface area contributed by atoms with Gasteiger partial charge in [0.15, 0.2) is 0 Å². The van der Waals surface area contributed by atoms with Crippen molar-refractivity contribution in [2.45, 2.75) is 39.5 Å². The molecule has 1 fully saturated rings. The molecule has 17 heavy (non-hydrogen) atoms. The predicted molar refractivity (Wildman–Crippen MR) is 73.1 cm³/mol. The van der Waals surface area contributed by atoms with Crippen LogP contribution in [0.25, 0.3) is 0 Å². The van der Waals surface area contributed by atoms with Gasteiger partial charge in [-0.3, -0.25) is 0 Å². The maximum absolute atomic E-state index is 5.94. The van der Waals surface area contributed by atoms with Crippen LogP contribution >= 0.6 is 0 Å². The zero-order valence-electron chi connectivity index (χ0n) is 11.9. The largest absolute Gasteiger partial charge is 0.384 e. The van der Waals surface area contributed by atoms with E-state index in [1.165, 1.54) is 38.8 Å². The fourth-order valence-electron chi connectivity index (χ4n) is 2.94. The Bertz CT molecular complexity index is 202. The molecule has 0 aromatic heterocycles. The molecule has 2 N–H and O–H groups in total. The average Bonchev–Trinajstić information content (AvgIpc) is 2.32. The van der Waals surface area contributed by atoms with Crippen LogP contribution in [-0.2, 0) is 4.74 Å². The lowest BCUT2D eigenvalue weighted by Gasteiger charge is -2.38. The van der Waals surface area contributed by atoms with E-state index in [0.717, 1.165) is 25.6 Å². The van der Waals surface area contributed by atoms with Gasteiger partial charge in [0.05, 0.1) is 0 Å². The van der Waals surface area contributed by atoms with Crippen molar-refractivity contribution >= 4 is 0 Å². The first-order valence-corrected chi connectivity index (χ1v) is 7.05. The Balaban J connectivity index is 2.33. The molecule has 0 bridgehead atoms. The lowest BCUT2D eigenvalue weighted by molar-refractivity contribution is 0.0766. The van der Waals surface area contributed by atoms with Gasteiger partial charge in [-0.25, -0.2) is 0 Å². The molecule has 0 aromatic carbocycles. The summed E-state index contributed by atoms with van der Waals surface area (Å²) >= 11 is 0. The number of likely N-dealkylation sites (tertiary alicyclic amines) is 1. The van der Waals surface area contributed by atoms with E-state index in [9.17, 15) is 0 Å². The van der Waals surface area contributed by atoms with Gasteiger partial charge in [0, 0.05) is 20.3 Å². The van der Waals surface area contributed by atoms with Gasteiger partial charge in [0.25, 0.3) is 0 Å². The second kappa shape index (κ2) is 7.34. The quantitative estimate of drug-likeness (QED) is 0.743. The second-order valence-electron chi connectivity index (χ2n) is 5.94. The Morgan fingerprint density at radius 1 is 1.35 bits per heavy atom. The minimum atomic E-state index is 0.308. The molecule has 1 heterocycles. The molecule has 0 radical (unpaired) electrons. The molecule has 0 aromatic rings. The standard InChI is InChI=1S/C14H30N2O/c1-4-7-14(2,11-15)12-16-8-5-13(6-9-16)10-17-3/h13H,4-12,15H2,1-3H3. The van der Waals surface area contributed by atoms with Crippen LogP contribution in [0, 0.1) is 11.3 Å². The number of ether oxygens (including phenoxy) is 1. The molecule has 0 saturated carbocycles. The van der Waals surface area contributed by atoms with Crippen molar-refractivity contribution in [1.29, 1.82) is 0 Å². The number of nitrogens with two attached hydrogens (primary N) is 1. The van der Waals surface area contributed by atoms with Crippen LogP contribution in [0.3, 0.4) is 0 Å².